The first-order valence-electron chi connectivity index (χ1n) is 10.4. The van der Waals surface area contributed by atoms with Crippen molar-refractivity contribution in [2.24, 2.45) is 0 Å². The number of fused-ring (bicyclic) bond motifs is 1. The quantitative estimate of drug-likeness (QED) is 0.501. The van der Waals surface area contributed by atoms with Crippen LogP contribution in [0.3, 0.4) is 0 Å². The van der Waals surface area contributed by atoms with Gasteiger partial charge in [0.1, 0.15) is 18.2 Å². The summed E-state index contributed by atoms with van der Waals surface area (Å²) in [6, 6.07) is 16.2. The highest BCUT2D eigenvalue weighted by molar-refractivity contribution is 5.81. The summed E-state index contributed by atoms with van der Waals surface area (Å²) in [6.07, 6.45) is 4.92. The van der Waals surface area contributed by atoms with Crippen LogP contribution in [-0.2, 0) is 17.8 Å². The Hall–Kier alpha value is -3.34. The van der Waals surface area contributed by atoms with E-state index in [2.05, 4.69) is 29.9 Å². The molecule has 1 fully saturated rings. The van der Waals surface area contributed by atoms with Crippen molar-refractivity contribution in [3.63, 3.8) is 0 Å². The number of para-hydroxylation sites is 3. The Bertz CT molecular complexity index is 1070. The van der Waals surface area contributed by atoms with Crippen molar-refractivity contribution in [2.75, 3.05) is 19.7 Å². The van der Waals surface area contributed by atoms with Crippen LogP contribution in [0.5, 0.6) is 5.75 Å². The van der Waals surface area contributed by atoms with Crippen LogP contribution in [0, 0.1) is 0 Å². The van der Waals surface area contributed by atoms with Gasteiger partial charge in [-0.1, -0.05) is 42.5 Å². The number of benzene rings is 2. The highest BCUT2D eigenvalue weighted by Gasteiger charge is 2.33. The molecule has 2 aromatic carbocycles. The second kappa shape index (κ2) is 8.99. The molecular formula is C25H27N3O2. The van der Waals surface area contributed by atoms with Gasteiger partial charge in [-0.2, -0.15) is 0 Å². The first kappa shape index (κ1) is 20.0. The summed E-state index contributed by atoms with van der Waals surface area (Å²) in [4.78, 5) is 19.1. The van der Waals surface area contributed by atoms with Crippen LogP contribution in [0.4, 0.5) is 0 Å². The van der Waals surface area contributed by atoms with Gasteiger partial charge >= 0.3 is 0 Å². The molecule has 1 aliphatic rings. The number of nitrogens with zero attached hydrogens (tertiary/aromatic N) is 3. The van der Waals surface area contributed by atoms with Crippen molar-refractivity contribution in [1.82, 2.24) is 14.5 Å². The molecule has 3 aromatic rings. The van der Waals surface area contributed by atoms with E-state index in [4.69, 9.17) is 9.72 Å². The van der Waals surface area contributed by atoms with Crippen molar-refractivity contribution in [1.29, 1.82) is 0 Å². The molecule has 1 amide bonds. The van der Waals surface area contributed by atoms with Gasteiger partial charge in [0.15, 0.2) is 0 Å². The van der Waals surface area contributed by atoms with E-state index in [1.165, 1.54) is 0 Å². The lowest BCUT2D eigenvalue weighted by atomic mass is 10.1. The Balaban J connectivity index is 1.56. The summed E-state index contributed by atoms with van der Waals surface area (Å²) in [5.74, 6) is 2.08. The predicted octanol–water partition coefficient (Wildman–Crippen LogP) is 4.35. The van der Waals surface area contributed by atoms with Crippen LogP contribution in [0.2, 0.25) is 0 Å². The minimum absolute atomic E-state index is 0.0814. The molecule has 4 rings (SSSR count). The Kier molecular flexibility index (Phi) is 5.98. The van der Waals surface area contributed by atoms with E-state index in [-0.39, 0.29) is 11.8 Å². The third-order valence-electron chi connectivity index (χ3n) is 5.52. The maximum Gasteiger partial charge on any atom is 0.223 e. The number of aromatic nitrogens is 2. The molecule has 2 heterocycles. The maximum absolute atomic E-state index is 12.4. The highest BCUT2D eigenvalue weighted by atomic mass is 16.5. The fourth-order valence-corrected chi connectivity index (χ4v) is 4.13. The number of allylic oxidation sites excluding steroid dienone is 1. The van der Waals surface area contributed by atoms with Crippen LogP contribution in [0.1, 0.15) is 23.7 Å². The van der Waals surface area contributed by atoms with E-state index in [9.17, 15) is 4.79 Å². The number of rotatable bonds is 9. The number of carbonyl (C=O) groups is 1. The van der Waals surface area contributed by atoms with Gasteiger partial charge < -0.3 is 14.2 Å². The predicted molar refractivity (Wildman–Crippen MR) is 120 cm³/mol. The lowest BCUT2D eigenvalue weighted by Gasteiger charge is -2.16. The van der Waals surface area contributed by atoms with Crippen LogP contribution in [0.15, 0.2) is 73.8 Å². The third kappa shape index (κ3) is 4.01. The van der Waals surface area contributed by atoms with E-state index in [1.54, 1.807) is 6.08 Å². The second-order valence-electron chi connectivity index (χ2n) is 7.55. The molecule has 1 aromatic heterocycles. The summed E-state index contributed by atoms with van der Waals surface area (Å²) in [5.41, 5.74) is 3.16. The first-order chi connectivity index (χ1) is 14.7. The summed E-state index contributed by atoms with van der Waals surface area (Å²) in [7, 11) is 0. The highest BCUT2D eigenvalue weighted by Crippen LogP contribution is 2.30. The molecule has 30 heavy (non-hydrogen) atoms. The van der Waals surface area contributed by atoms with E-state index >= 15 is 0 Å². The van der Waals surface area contributed by atoms with Crippen molar-refractivity contribution in [2.45, 2.75) is 25.3 Å². The van der Waals surface area contributed by atoms with Crippen LogP contribution < -0.4 is 4.74 Å². The van der Waals surface area contributed by atoms with Gasteiger partial charge in [-0.15, -0.1) is 13.2 Å². The van der Waals surface area contributed by atoms with E-state index in [0.717, 1.165) is 34.6 Å². The number of hydrogen-bond donors (Lipinski definition) is 0. The molecule has 0 spiro atoms. The smallest absolute Gasteiger partial charge is 0.223 e. The standard InChI is InChI=1S/C25H27N3O2/c1-3-9-19-10-5-8-13-23(19)30-16-15-28-22-12-7-6-11-21(22)26-25(28)20-17-24(29)27(18-20)14-4-2/h3-8,10-13,20H,1-2,9,14-18H2/t20-/m0/s1. The van der Waals surface area contributed by atoms with Crippen molar-refractivity contribution >= 4 is 16.9 Å². The average molecular weight is 402 g/mol. The number of hydrogen-bond acceptors (Lipinski definition) is 3. The number of ether oxygens (including phenoxy) is 1. The van der Waals surface area contributed by atoms with Crippen LogP contribution >= 0.6 is 0 Å². The van der Waals surface area contributed by atoms with Gasteiger partial charge in [-0.25, -0.2) is 4.98 Å². The lowest BCUT2D eigenvalue weighted by Crippen LogP contribution is -2.25. The molecule has 1 aliphatic heterocycles. The van der Waals surface area contributed by atoms with Gasteiger partial charge in [0.05, 0.1) is 17.6 Å². The summed E-state index contributed by atoms with van der Waals surface area (Å²) < 4.78 is 8.33. The molecule has 0 saturated carbocycles. The fourth-order valence-electron chi connectivity index (χ4n) is 4.13. The summed E-state index contributed by atoms with van der Waals surface area (Å²) in [5, 5.41) is 0. The molecule has 5 heteroatoms. The van der Waals surface area contributed by atoms with Crippen molar-refractivity contribution in [3.8, 4) is 5.75 Å². The Labute approximate surface area is 177 Å². The molecule has 0 aliphatic carbocycles. The molecule has 0 bridgehead atoms. The minimum Gasteiger partial charge on any atom is -0.491 e. The average Bonchev–Trinajstić information content (AvgIpc) is 3.30. The van der Waals surface area contributed by atoms with Gasteiger partial charge in [0.25, 0.3) is 0 Å². The summed E-state index contributed by atoms with van der Waals surface area (Å²) in [6.45, 7) is 10.0. The molecule has 1 saturated heterocycles. The zero-order valence-corrected chi connectivity index (χ0v) is 17.2. The molecule has 1 atom stereocenters. The fraction of sp³-hybridized carbons (Fsp3) is 0.280. The molecule has 0 unspecified atom stereocenters. The molecular weight excluding hydrogens is 374 g/mol. The third-order valence-corrected chi connectivity index (χ3v) is 5.52. The van der Waals surface area contributed by atoms with Gasteiger partial charge in [-0.05, 0) is 30.2 Å². The first-order valence-corrected chi connectivity index (χ1v) is 10.4. The molecule has 0 radical (unpaired) electrons. The number of amides is 1. The van der Waals surface area contributed by atoms with Gasteiger partial charge in [0.2, 0.25) is 5.91 Å². The number of carbonyl (C=O) groups excluding carboxylic acids is 1. The van der Waals surface area contributed by atoms with E-state index < -0.39 is 0 Å². The van der Waals surface area contributed by atoms with Crippen molar-refractivity contribution < 1.29 is 9.53 Å². The Morgan fingerprint density at radius 3 is 2.73 bits per heavy atom. The van der Waals surface area contributed by atoms with Crippen molar-refractivity contribution in [3.05, 3.63) is 85.2 Å². The van der Waals surface area contributed by atoms with Gasteiger partial charge in [-0.3, -0.25) is 4.79 Å². The minimum atomic E-state index is 0.0814. The Morgan fingerprint density at radius 2 is 1.90 bits per heavy atom. The zero-order valence-electron chi connectivity index (χ0n) is 17.2. The maximum atomic E-state index is 12.4. The second-order valence-corrected chi connectivity index (χ2v) is 7.55. The normalized spacial score (nSPS) is 16.2. The lowest BCUT2D eigenvalue weighted by molar-refractivity contribution is -0.127. The largest absolute Gasteiger partial charge is 0.491 e. The van der Waals surface area contributed by atoms with Gasteiger partial charge in [0, 0.05) is 25.4 Å². The molecule has 0 N–H and O–H groups in total. The number of imidazole rings is 1. The van der Waals surface area contributed by atoms with Crippen LogP contribution in [-0.4, -0.2) is 40.1 Å². The van der Waals surface area contributed by atoms with E-state index in [1.807, 2.05) is 47.4 Å². The topological polar surface area (TPSA) is 47.4 Å². The number of likely N-dealkylation sites (tertiary alicyclic amines) is 1. The van der Waals surface area contributed by atoms with Crippen LogP contribution in [0.25, 0.3) is 11.0 Å². The Morgan fingerprint density at radius 1 is 1.10 bits per heavy atom. The zero-order chi connectivity index (χ0) is 20.9. The monoisotopic (exact) mass is 401 g/mol. The molecule has 5 nitrogen and oxygen atoms in total. The molecule has 154 valence electrons. The SMILES string of the molecule is C=CCc1ccccc1OCCn1c([C@H]2CC(=O)N(CC=C)C2)nc2ccccc21. The van der Waals surface area contributed by atoms with E-state index in [0.29, 0.717) is 32.7 Å². The summed E-state index contributed by atoms with van der Waals surface area (Å²) >= 11 is 0.